The van der Waals surface area contributed by atoms with Gasteiger partial charge in [0.15, 0.2) is 5.82 Å². The molecule has 1 aromatic heterocycles. The number of nitrogens with zero attached hydrogens (tertiary/aromatic N) is 3. The number of benzene rings is 1. The van der Waals surface area contributed by atoms with Gasteiger partial charge in [-0.1, -0.05) is 31.0 Å². The van der Waals surface area contributed by atoms with E-state index in [-0.39, 0.29) is 10.7 Å². The average Bonchev–Trinajstić information content (AvgIpc) is 3.15. The molecule has 0 bridgehead atoms. The molecule has 4 rings (SSSR count). The van der Waals surface area contributed by atoms with Crippen molar-refractivity contribution < 1.29 is 4.79 Å². The Kier molecular flexibility index (Phi) is 4.31. The van der Waals surface area contributed by atoms with E-state index in [2.05, 4.69) is 32.2 Å². The highest BCUT2D eigenvalue weighted by atomic mass is 32.2. The van der Waals surface area contributed by atoms with Crippen LogP contribution in [-0.4, -0.2) is 25.4 Å². The SMILES string of the molecule is O=C(NCc1nncn1C1CC1)C1(Sc2ccccc2)CCCC1. The molecule has 6 heteroatoms. The van der Waals surface area contributed by atoms with E-state index in [1.807, 2.05) is 18.2 Å². The minimum Gasteiger partial charge on any atom is -0.348 e. The highest BCUT2D eigenvalue weighted by Gasteiger charge is 2.42. The van der Waals surface area contributed by atoms with Gasteiger partial charge in [-0.15, -0.1) is 22.0 Å². The van der Waals surface area contributed by atoms with Gasteiger partial charge in [0.05, 0.1) is 11.3 Å². The first kappa shape index (κ1) is 15.7. The second kappa shape index (κ2) is 6.59. The fourth-order valence-electron chi connectivity index (χ4n) is 3.41. The van der Waals surface area contributed by atoms with E-state index in [9.17, 15) is 4.79 Å². The van der Waals surface area contributed by atoms with Crippen molar-refractivity contribution in [3.8, 4) is 0 Å². The number of aromatic nitrogens is 3. The molecule has 0 aliphatic heterocycles. The van der Waals surface area contributed by atoms with Gasteiger partial charge in [0.2, 0.25) is 5.91 Å². The molecule has 0 unspecified atom stereocenters. The summed E-state index contributed by atoms with van der Waals surface area (Å²) in [6, 6.07) is 10.8. The van der Waals surface area contributed by atoms with Gasteiger partial charge in [0.25, 0.3) is 0 Å². The maximum atomic E-state index is 13.0. The Morgan fingerprint density at radius 1 is 1.25 bits per heavy atom. The fourth-order valence-corrected chi connectivity index (χ4v) is 4.81. The maximum Gasteiger partial charge on any atom is 0.236 e. The zero-order chi connectivity index (χ0) is 16.4. The summed E-state index contributed by atoms with van der Waals surface area (Å²) in [5.74, 6) is 1.00. The fraction of sp³-hybridized carbons (Fsp3) is 0.500. The number of rotatable bonds is 6. The lowest BCUT2D eigenvalue weighted by Crippen LogP contribution is -2.42. The molecule has 1 N–H and O–H groups in total. The first-order valence-electron chi connectivity index (χ1n) is 8.68. The van der Waals surface area contributed by atoms with Crippen molar-refractivity contribution in [2.75, 3.05) is 0 Å². The van der Waals surface area contributed by atoms with Crippen LogP contribution in [0.15, 0.2) is 41.6 Å². The Morgan fingerprint density at radius 2 is 2.00 bits per heavy atom. The van der Waals surface area contributed by atoms with Crippen LogP contribution in [-0.2, 0) is 11.3 Å². The highest BCUT2D eigenvalue weighted by molar-refractivity contribution is 8.01. The predicted molar refractivity (Wildman–Crippen MR) is 93.6 cm³/mol. The van der Waals surface area contributed by atoms with Crippen LogP contribution in [0.1, 0.15) is 50.4 Å². The van der Waals surface area contributed by atoms with Crippen molar-refractivity contribution in [2.24, 2.45) is 0 Å². The summed E-state index contributed by atoms with van der Waals surface area (Å²) in [4.78, 5) is 14.1. The van der Waals surface area contributed by atoms with Crippen LogP contribution in [0.5, 0.6) is 0 Å². The van der Waals surface area contributed by atoms with Gasteiger partial charge in [-0.25, -0.2) is 0 Å². The molecule has 1 heterocycles. The molecular weight excluding hydrogens is 320 g/mol. The molecular formula is C18H22N4OS. The molecule has 0 radical (unpaired) electrons. The number of amides is 1. The molecule has 2 aliphatic rings. The number of carbonyl (C=O) groups is 1. The van der Waals surface area contributed by atoms with Crippen LogP contribution < -0.4 is 5.32 Å². The van der Waals surface area contributed by atoms with E-state index >= 15 is 0 Å². The average molecular weight is 342 g/mol. The highest BCUT2D eigenvalue weighted by Crippen LogP contribution is 2.45. The Labute approximate surface area is 146 Å². The van der Waals surface area contributed by atoms with E-state index in [0.717, 1.165) is 36.4 Å². The van der Waals surface area contributed by atoms with Crippen LogP contribution in [0.3, 0.4) is 0 Å². The molecule has 5 nitrogen and oxygen atoms in total. The van der Waals surface area contributed by atoms with Crippen LogP contribution >= 0.6 is 11.8 Å². The number of carbonyl (C=O) groups excluding carboxylic acids is 1. The molecule has 0 spiro atoms. The largest absolute Gasteiger partial charge is 0.348 e. The van der Waals surface area contributed by atoms with Gasteiger partial charge in [-0.3, -0.25) is 4.79 Å². The standard InChI is InChI=1S/C18H22N4OS/c23-17(19-12-16-21-20-13-22(16)14-8-9-14)18(10-4-5-11-18)24-15-6-2-1-3-7-15/h1-3,6-7,13-14H,4-5,8-12H2,(H,19,23). The monoisotopic (exact) mass is 342 g/mol. The van der Waals surface area contributed by atoms with Crippen molar-refractivity contribution in [3.05, 3.63) is 42.5 Å². The second-order valence-electron chi connectivity index (χ2n) is 6.68. The van der Waals surface area contributed by atoms with Crippen LogP contribution in [0.25, 0.3) is 0 Å². The quantitative estimate of drug-likeness (QED) is 0.875. The van der Waals surface area contributed by atoms with Gasteiger partial charge >= 0.3 is 0 Å². The first-order valence-corrected chi connectivity index (χ1v) is 9.49. The second-order valence-corrected chi connectivity index (χ2v) is 8.14. The van der Waals surface area contributed by atoms with E-state index < -0.39 is 0 Å². The van der Waals surface area contributed by atoms with Gasteiger partial charge in [0, 0.05) is 10.9 Å². The Balaban J connectivity index is 1.45. The number of nitrogens with one attached hydrogen (secondary N) is 1. The lowest BCUT2D eigenvalue weighted by atomic mass is 10.1. The van der Waals surface area contributed by atoms with Crippen molar-refractivity contribution in [3.63, 3.8) is 0 Å². The molecule has 1 amide bonds. The smallest absolute Gasteiger partial charge is 0.236 e. The minimum atomic E-state index is -0.341. The van der Waals surface area contributed by atoms with Gasteiger partial charge in [-0.2, -0.15) is 0 Å². The van der Waals surface area contributed by atoms with Gasteiger partial charge in [0.1, 0.15) is 6.33 Å². The summed E-state index contributed by atoms with van der Waals surface area (Å²) in [6.07, 6.45) is 8.27. The summed E-state index contributed by atoms with van der Waals surface area (Å²) in [7, 11) is 0. The topological polar surface area (TPSA) is 59.8 Å². The van der Waals surface area contributed by atoms with Crippen molar-refractivity contribution in [1.82, 2.24) is 20.1 Å². The number of thioether (sulfide) groups is 1. The predicted octanol–water partition coefficient (Wildman–Crippen LogP) is 3.33. The number of hydrogen-bond acceptors (Lipinski definition) is 4. The van der Waals surface area contributed by atoms with Gasteiger partial charge < -0.3 is 9.88 Å². The molecule has 0 saturated heterocycles. The summed E-state index contributed by atoms with van der Waals surface area (Å²) in [5, 5.41) is 11.3. The molecule has 2 aliphatic carbocycles. The van der Waals surface area contributed by atoms with Crippen molar-refractivity contribution in [1.29, 1.82) is 0 Å². The maximum absolute atomic E-state index is 13.0. The Bertz CT molecular complexity index is 705. The first-order chi connectivity index (χ1) is 11.8. The third-order valence-corrected chi connectivity index (χ3v) is 6.37. The van der Waals surface area contributed by atoms with E-state index in [0.29, 0.717) is 12.6 Å². The van der Waals surface area contributed by atoms with Crippen LogP contribution in [0, 0.1) is 0 Å². The molecule has 2 saturated carbocycles. The molecule has 2 aromatic rings. The zero-order valence-corrected chi connectivity index (χ0v) is 14.5. The zero-order valence-electron chi connectivity index (χ0n) is 13.6. The lowest BCUT2D eigenvalue weighted by Gasteiger charge is -2.27. The molecule has 24 heavy (non-hydrogen) atoms. The summed E-state index contributed by atoms with van der Waals surface area (Å²) < 4.78 is 1.76. The number of hydrogen-bond donors (Lipinski definition) is 1. The molecule has 1 aromatic carbocycles. The van der Waals surface area contributed by atoms with Crippen LogP contribution in [0.4, 0.5) is 0 Å². The van der Waals surface area contributed by atoms with Crippen LogP contribution in [0.2, 0.25) is 0 Å². The van der Waals surface area contributed by atoms with Crippen molar-refractivity contribution in [2.45, 2.75) is 60.8 Å². The molecule has 126 valence electrons. The minimum absolute atomic E-state index is 0.138. The summed E-state index contributed by atoms with van der Waals surface area (Å²) in [5.41, 5.74) is 0. The summed E-state index contributed by atoms with van der Waals surface area (Å²) in [6.45, 7) is 0.465. The third kappa shape index (κ3) is 3.20. The van der Waals surface area contributed by atoms with Gasteiger partial charge in [-0.05, 0) is 37.8 Å². The molecule has 2 fully saturated rings. The van der Waals surface area contributed by atoms with Crippen molar-refractivity contribution >= 4 is 17.7 Å². The van der Waals surface area contributed by atoms with E-state index in [1.165, 1.54) is 12.8 Å². The Morgan fingerprint density at radius 3 is 2.71 bits per heavy atom. The van der Waals surface area contributed by atoms with E-state index in [1.54, 1.807) is 18.1 Å². The molecule has 0 atom stereocenters. The Hall–Kier alpha value is -1.82. The normalized spacial score (nSPS) is 19.3. The van der Waals surface area contributed by atoms with E-state index in [4.69, 9.17) is 0 Å². The lowest BCUT2D eigenvalue weighted by molar-refractivity contribution is -0.123. The third-order valence-electron chi connectivity index (χ3n) is 4.88. The summed E-state index contributed by atoms with van der Waals surface area (Å²) >= 11 is 1.71.